The topological polar surface area (TPSA) is 63.1 Å². The number of aromatic nitrogens is 3. The molecule has 0 spiro atoms. The van der Waals surface area contributed by atoms with E-state index >= 15 is 0 Å². The molecule has 0 saturated heterocycles. The third-order valence-electron chi connectivity index (χ3n) is 4.96. The molecule has 6 nitrogen and oxygen atoms in total. The van der Waals surface area contributed by atoms with E-state index in [0.29, 0.717) is 11.7 Å². The Kier molecular flexibility index (Phi) is 9.17. The highest BCUT2D eigenvalue weighted by Gasteiger charge is 2.22. The van der Waals surface area contributed by atoms with Crippen molar-refractivity contribution in [1.82, 2.24) is 19.7 Å². The maximum Gasteiger partial charge on any atom is 0.234 e. The summed E-state index contributed by atoms with van der Waals surface area (Å²) in [6.07, 6.45) is 3.14. The SMILES string of the molecule is CCCCn1c(SCC(=O)Nc2cccc(C(C)C)c2)nnc1C(CC)N(C)C. The molecule has 1 aromatic heterocycles. The maximum atomic E-state index is 12.5. The zero-order chi connectivity index (χ0) is 21.4. The normalized spacial score (nSPS) is 12.6. The number of hydrogen-bond acceptors (Lipinski definition) is 5. The highest BCUT2D eigenvalue weighted by molar-refractivity contribution is 7.99. The van der Waals surface area contributed by atoms with Gasteiger partial charge in [0.1, 0.15) is 0 Å². The zero-order valence-electron chi connectivity index (χ0n) is 18.6. The summed E-state index contributed by atoms with van der Waals surface area (Å²) in [6, 6.07) is 8.26. The first-order valence-corrected chi connectivity index (χ1v) is 11.5. The van der Waals surface area contributed by atoms with Gasteiger partial charge in [-0.1, -0.05) is 58.0 Å². The summed E-state index contributed by atoms with van der Waals surface area (Å²) in [6.45, 7) is 9.51. The molecule has 1 N–H and O–H groups in total. The van der Waals surface area contributed by atoms with Crippen LogP contribution in [0, 0.1) is 0 Å². The Bertz CT molecular complexity index is 787. The first-order chi connectivity index (χ1) is 13.9. The van der Waals surface area contributed by atoms with Crippen molar-refractivity contribution in [3.05, 3.63) is 35.7 Å². The quantitative estimate of drug-likeness (QED) is 0.524. The molecular weight excluding hydrogens is 382 g/mol. The molecule has 1 amide bonds. The number of thioether (sulfide) groups is 1. The van der Waals surface area contributed by atoms with Gasteiger partial charge in [-0.05, 0) is 50.6 Å². The van der Waals surface area contributed by atoms with Gasteiger partial charge in [-0.2, -0.15) is 0 Å². The van der Waals surface area contributed by atoms with Gasteiger partial charge >= 0.3 is 0 Å². The van der Waals surface area contributed by atoms with Crippen molar-refractivity contribution in [3.63, 3.8) is 0 Å². The van der Waals surface area contributed by atoms with E-state index in [1.165, 1.54) is 17.3 Å². The minimum absolute atomic E-state index is 0.0258. The number of carbonyl (C=O) groups is 1. The third-order valence-corrected chi connectivity index (χ3v) is 5.92. The molecule has 7 heteroatoms. The number of unbranched alkanes of at least 4 members (excludes halogenated alkanes) is 1. The van der Waals surface area contributed by atoms with Crippen molar-refractivity contribution >= 4 is 23.4 Å². The lowest BCUT2D eigenvalue weighted by Crippen LogP contribution is -2.23. The highest BCUT2D eigenvalue weighted by Crippen LogP contribution is 2.26. The van der Waals surface area contributed by atoms with Crippen LogP contribution in [0.25, 0.3) is 0 Å². The number of nitrogens with zero attached hydrogens (tertiary/aromatic N) is 4. The molecule has 0 saturated carbocycles. The summed E-state index contributed by atoms with van der Waals surface area (Å²) in [5, 5.41) is 12.7. The molecule has 0 aliphatic carbocycles. The van der Waals surface area contributed by atoms with E-state index in [1.54, 1.807) is 0 Å². The summed E-state index contributed by atoms with van der Waals surface area (Å²) in [5.74, 6) is 1.70. The summed E-state index contributed by atoms with van der Waals surface area (Å²) < 4.78 is 2.19. The summed E-state index contributed by atoms with van der Waals surface area (Å²) in [7, 11) is 4.14. The lowest BCUT2D eigenvalue weighted by Gasteiger charge is -2.23. The van der Waals surface area contributed by atoms with Gasteiger partial charge in [0.25, 0.3) is 0 Å². The molecule has 0 radical (unpaired) electrons. The fourth-order valence-electron chi connectivity index (χ4n) is 3.26. The molecule has 2 aromatic rings. The van der Waals surface area contributed by atoms with Crippen molar-refractivity contribution in [3.8, 4) is 0 Å². The van der Waals surface area contributed by atoms with Crippen LogP contribution < -0.4 is 5.32 Å². The van der Waals surface area contributed by atoms with Gasteiger partial charge in [0, 0.05) is 12.2 Å². The molecule has 1 aromatic carbocycles. The predicted molar refractivity (Wildman–Crippen MR) is 122 cm³/mol. The minimum atomic E-state index is -0.0258. The zero-order valence-corrected chi connectivity index (χ0v) is 19.4. The van der Waals surface area contributed by atoms with E-state index < -0.39 is 0 Å². The molecule has 0 fully saturated rings. The molecule has 1 heterocycles. The Morgan fingerprint density at radius 3 is 2.62 bits per heavy atom. The molecule has 0 aliphatic heterocycles. The fraction of sp³-hybridized carbons (Fsp3) is 0.591. The van der Waals surface area contributed by atoms with Gasteiger partial charge in [0.05, 0.1) is 11.8 Å². The van der Waals surface area contributed by atoms with Crippen molar-refractivity contribution in [1.29, 1.82) is 0 Å². The Labute approximate surface area is 179 Å². The third kappa shape index (κ3) is 6.57. The first kappa shape index (κ1) is 23.4. The van der Waals surface area contributed by atoms with Crippen LogP contribution >= 0.6 is 11.8 Å². The second-order valence-electron chi connectivity index (χ2n) is 7.85. The molecular formula is C22H35N5OS. The van der Waals surface area contributed by atoms with Gasteiger partial charge in [-0.3, -0.25) is 9.69 Å². The fourth-order valence-corrected chi connectivity index (χ4v) is 4.03. The Balaban J connectivity index is 2.08. The molecule has 29 heavy (non-hydrogen) atoms. The van der Waals surface area contributed by atoms with Crippen LogP contribution in [0.4, 0.5) is 5.69 Å². The summed E-state index contributed by atoms with van der Waals surface area (Å²) in [5.41, 5.74) is 2.06. The van der Waals surface area contributed by atoms with Crippen LogP contribution in [0.5, 0.6) is 0 Å². The van der Waals surface area contributed by atoms with Crippen molar-refractivity contribution in [2.45, 2.75) is 70.6 Å². The number of nitrogens with one attached hydrogen (secondary N) is 1. The van der Waals surface area contributed by atoms with Gasteiger partial charge < -0.3 is 9.88 Å². The maximum absolute atomic E-state index is 12.5. The van der Waals surface area contributed by atoms with E-state index in [4.69, 9.17) is 0 Å². The first-order valence-electron chi connectivity index (χ1n) is 10.5. The Morgan fingerprint density at radius 2 is 2.00 bits per heavy atom. The highest BCUT2D eigenvalue weighted by atomic mass is 32.2. The number of benzene rings is 1. The summed E-state index contributed by atoms with van der Waals surface area (Å²) >= 11 is 1.45. The lowest BCUT2D eigenvalue weighted by atomic mass is 10.0. The van der Waals surface area contributed by atoms with E-state index in [-0.39, 0.29) is 11.9 Å². The van der Waals surface area contributed by atoms with E-state index in [9.17, 15) is 4.79 Å². The van der Waals surface area contributed by atoms with Crippen molar-refractivity contribution < 1.29 is 4.79 Å². The number of carbonyl (C=O) groups excluding carboxylic acids is 1. The van der Waals surface area contributed by atoms with Crippen LogP contribution in [0.15, 0.2) is 29.4 Å². The van der Waals surface area contributed by atoms with Gasteiger partial charge in [0.15, 0.2) is 11.0 Å². The Morgan fingerprint density at radius 1 is 1.24 bits per heavy atom. The van der Waals surface area contributed by atoms with Gasteiger partial charge in [-0.15, -0.1) is 10.2 Å². The monoisotopic (exact) mass is 417 g/mol. The molecule has 2 rings (SSSR count). The number of rotatable bonds is 11. The van der Waals surface area contributed by atoms with Crippen LogP contribution in [0.2, 0.25) is 0 Å². The van der Waals surface area contributed by atoms with Crippen LogP contribution in [0.3, 0.4) is 0 Å². The molecule has 0 bridgehead atoms. The average molecular weight is 418 g/mol. The predicted octanol–water partition coefficient (Wildman–Crippen LogP) is 4.95. The standard InChI is InChI=1S/C22H35N5OS/c1-7-9-13-27-21(19(8-2)26(5)6)24-25-22(27)29-15-20(28)23-18-12-10-11-17(14-18)16(3)4/h10-12,14,16,19H,7-9,13,15H2,1-6H3,(H,23,28). The van der Waals surface area contributed by atoms with Gasteiger partial charge in [-0.25, -0.2) is 0 Å². The van der Waals surface area contributed by atoms with Crippen molar-refractivity contribution in [2.24, 2.45) is 0 Å². The smallest absolute Gasteiger partial charge is 0.234 e. The van der Waals surface area contributed by atoms with Gasteiger partial charge in [0.2, 0.25) is 5.91 Å². The molecule has 160 valence electrons. The second-order valence-corrected chi connectivity index (χ2v) is 8.79. The number of hydrogen-bond donors (Lipinski definition) is 1. The number of anilines is 1. The van der Waals surface area contributed by atoms with E-state index in [2.05, 4.69) is 72.8 Å². The van der Waals surface area contributed by atoms with Crippen LogP contribution in [-0.4, -0.2) is 45.4 Å². The number of amides is 1. The van der Waals surface area contributed by atoms with E-state index in [1.807, 2.05) is 18.2 Å². The second kappa shape index (κ2) is 11.4. The van der Waals surface area contributed by atoms with Crippen LogP contribution in [0.1, 0.15) is 70.3 Å². The van der Waals surface area contributed by atoms with Crippen LogP contribution in [-0.2, 0) is 11.3 Å². The largest absolute Gasteiger partial charge is 0.325 e. The molecule has 1 unspecified atom stereocenters. The average Bonchev–Trinajstić information content (AvgIpc) is 3.07. The lowest BCUT2D eigenvalue weighted by molar-refractivity contribution is -0.113. The molecule has 1 atom stereocenters. The van der Waals surface area contributed by atoms with Crippen molar-refractivity contribution in [2.75, 3.05) is 25.2 Å². The Hall–Kier alpha value is -1.86. The summed E-state index contributed by atoms with van der Waals surface area (Å²) in [4.78, 5) is 14.7. The molecule has 0 aliphatic rings. The minimum Gasteiger partial charge on any atom is -0.325 e. The van der Waals surface area contributed by atoms with E-state index in [0.717, 1.165) is 42.5 Å².